The fourth-order valence-electron chi connectivity index (χ4n) is 3.59. The van der Waals surface area contributed by atoms with Crippen molar-refractivity contribution in [1.29, 1.82) is 0 Å². The van der Waals surface area contributed by atoms with Gasteiger partial charge in [0.2, 0.25) is 5.91 Å². The van der Waals surface area contributed by atoms with Crippen molar-refractivity contribution in [3.05, 3.63) is 71.7 Å². The Kier molecular flexibility index (Phi) is 4.83. The zero-order valence-corrected chi connectivity index (χ0v) is 15.6. The number of hydrogen-bond acceptors (Lipinski definition) is 4. The van der Waals surface area contributed by atoms with Crippen LogP contribution in [0.3, 0.4) is 0 Å². The molecule has 1 aromatic heterocycles. The topological polar surface area (TPSA) is 76.2 Å². The highest BCUT2D eigenvalue weighted by atomic mass is 19.1. The number of para-hydroxylation sites is 1. The predicted octanol–water partition coefficient (Wildman–Crippen LogP) is 2.65. The Labute approximate surface area is 162 Å². The molecule has 1 atom stereocenters. The summed E-state index contributed by atoms with van der Waals surface area (Å²) >= 11 is 0. The first-order valence-electron chi connectivity index (χ1n) is 9.20. The fourth-order valence-corrected chi connectivity index (χ4v) is 3.59. The van der Waals surface area contributed by atoms with Crippen molar-refractivity contribution in [2.45, 2.75) is 19.4 Å². The third-order valence-electron chi connectivity index (χ3n) is 4.77. The van der Waals surface area contributed by atoms with Crippen LogP contribution in [0.15, 0.2) is 54.6 Å². The summed E-state index contributed by atoms with van der Waals surface area (Å²) in [5, 5.41) is 7.33. The number of hydrogen-bond donors (Lipinski definition) is 2. The van der Waals surface area contributed by atoms with Gasteiger partial charge in [-0.1, -0.05) is 18.2 Å². The quantitative estimate of drug-likeness (QED) is 0.731. The van der Waals surface area contributed by atoms with Gasteiger partial charge in [-0.2, -0.15) is 5.10 Å². The summed E-state index contributed by atoms with van der Waals surface area (Å²) in [4.78, 5) is 14.8. The van der Waals surface area contributed by atoms with Crippen LogP contribution in [0.5, 0.6) is 0 Å². The van der Waals surface area contributed by atoms with E-state index in [1.165, 1.54) is 12.1 Å². The minimum absolute atomic E-state index is 0.00492. The molecule has 1 unspecified atom stereocenters. The average Bonchev–Trinajstić information content (AvgIpc) is 3.02. The molecule has 3 aromatic rings. The fraction of sp³-hybridized carbons (Fsp3) is 0.238. The number of benzene rings is 2. The van der Waals surface area contributed by atoms with Gasteiger partial charge in [-0.05, 0) is 49.2 Å². The zero-order chi connectivity index (χ0) is 19.7. The Morgan fingerprint density at radius 2 is 2.00 bits per heavy atom. The van der Waals surface area contributed by atoms with Crippen LogP contribution in [0.25, 0.3) is 5.69 Å². The van der Waals surface area contributed by atoms with Gasteiger partial charge in [-0.25, -0.2) is 9.07 Å². The molecule has 1 aliphatic rings. The number of nitrogens with zero attached hydrogens (tertiary/aromatic N) is 3. The predicted molar refractivity (Wildman–Crippen MR) is 107 cm³/mol. The van der Waals surface area contributed by atoms with Gasteiger partial charge in [0.25, 0.3) is 0 Å². The van der Waals surface area contributed by atoms with Gasteiger partial charge in [0.05, 0.1) is 17.9 Å². The molecule has 144 valence electrons. The summed E-state index contributed by atoms with van der Waals surface area (Å²) in [6.45, 7) is 2.66. The lowest BCUT2D eigenvalue weighted by atomic mass is 9.98. The first kappa shape index (κ1) is 18.2. The van der Waals surface area contributed by atoms with Crippen LogP contribution in [-0.2, 0) is 11.2 Å². The van der Waals surface area contributed by atoms with Crippen LogP contribution < -0.4 is 16.0 Å². The van der Waals surface area contributed by atoms with Crippen molar-refractivity contribution in [1.82, 2.24) is 9.78 Å². The van der Waals surface area contributed by atoms with Crippen molar-refractivity contribution in [2.24, 2.45) is 5.73 Å². The van der Waals surface area contributed by atoms with Gasteiger partial charge < -0.3 is 16.0 Å². The normalized spacial score (nSPS) is 16.0. The number of carbonyl (C=O) groups excluding carboxylic acids is 1. The van der Waals surface area contributed by atoms with Crippen molar-refractivity contribution in [3.8, 4) is 5.69 Å². The van der Waals surface area contributed by atoms with Crippen LogP contribution in [0.1, 0.15) is 11.3 Å². The van der Waals surface area contributed by atoms with E-state index < -0.39 is 0 Å². The van der Waals surface area contributed by atoms with Crippen molar-refractivity contribution >= 4 is 17.4 Å². The Bertz CT molecular complexity index is 998. The van der Waals surface area contributed by atoms with Crippen LogP contribution >= 0.6 is 0 Å². The minimum Gasteiger partial charge on any atom is -0.360 e. The Morgan fingerprint density at radius 3 is 2.79 bits per heavy atom. The maximum Gasteiger partial charge on any atom is 0.245 e. The molecule has 0 fully saturated rings. The number of anilines is 2. The average molecular weight is 379 g/mol. The summed E-state index contributed by atoms with van der Waals surface area (Å²) in [6.07, 6.45) is 0.810. The second-order valence-electron chi connectivity index (χ2n) is 7.08. The van der Waals surface area contributed by atoms with E-state index in [0.29, 0.717) is 18.1 Å². The van der Waals surface area contributed by atoms with E-state index in [0.717, 1.165) is 23.4 Å². The molecular weight excluding hydrogens is 357 g/mol. The zero-order valence-electron chi connectivity index (χ0n) is 15.6. The van der Waals surface area contributed by atoms with E-state index in [-0.39, 0.29) is 24.3 Å². The van der Waals surface area contributed by atoms with E-state index in [2.05, 4.69) is 10.4 Å². The number of amides is 1. The standard InChI is InChI=1S/C21H22FN5O/c1-14-10-20(27(25-14)18-8-6-16(22)7-9-18)24-21(28)13-26-12-17(23)11-15-4-2-3-5-19(15)26/h2-10,17H,11-13,23H2,1H3,(H,24,28). The van der Waals surface area contributed by atoms with Crippen molar-refractivity contribution in [2.75, 3.05) is 23.3 Å². The molecule has 3 N–H and O–H groups in total. The van der Waals surface area contributed by atoms with E-state index in [1.807, 2.05) is 36.1 Å². The largest absolute Gasteiger partial charge is 0.360 e. The first-order valence-corrected chi connectivity index (χ1v) is 9.20. The molecule has 0 aliphatic carbocycles. The molecule has 28 heavy (non-hydrogen) atoms. The number of halogens is 1. The third-order valence-corrected chi connectivity index (χ3v) is 4.77. The smallest absolute Gasteiger partial charge is 0.245 e. The van der Waals surface area contributed by atoms with E-state index in [1.54, 1.807) is 22.9 Å². The summed E-state index contributed by atoms with van der Waals surface area (Å²) < 4.78 is 14.8. The molecule has 0 saturated heterocycles. The molecular formula is C21H22FN5O. The van der Waals surface area contributed by atoms with E-state index in [9.17, 15) is 9.18 Å². The molecule has 0 spiro atoms. The van der Waals surface area contributed by atoms with Gasteiger partial charge >= 0.3 is 0 Å². The second-order valence-corrected chi connectivity index (χ2v) is 7.08. The highest BCUT2D eigenvalue weighted by Crippen LogP contribution is 2.26. The summed E-state index contributed by atoms with van der Waals surface area (Å²) in [7, 11) is 0. The van der Waals surface area contributed by atoms with Crippen LogP contribution in [0.4, 0.5) is 15.9 Å². The SMILES string of the molecule is Cc1cc(NC(=O)CN2CC(N)Cc3ccccc32)n(-c2ccc(F)cc2)n1. The molecule has 4 rings (SSSR count). The summed E-state index contributed by atoms with van der Waals surface area (Å²) in [6, 6.07) is 15.8. The molecule has 1 amide bonds. The lowest BCUT2D eigenvalue weighted by Crippen LogP contribution is -2.46. The number of rotatable bonds is 4. The highest BCUT2D eigenvalue weighted by Gasteiger charge is 2.23. The molecule has 6 nitrogen and oxygen atoms in total. The third kappa shape index (κ3) is 3.75. The maximum atomic E-state index is 13.2. The summed E-state index contributed by atoms with van der Waals surface area (Å²) in [5.74, 6) is 0.0641. The van der Waals surface area contributed by atoms with E-state index >= 15 is 0 Å². The van der Waals surface area contributed by atoms with E-state index in [4.69, 9.17) is 5.73 Å². The number of aryl methyl sites for hydroxylation is 1. The molecule has 7 heteroatoms. The molecule has 0 radical (unpaired) electrons. The number of carbonyl (C=O) groups is 1. The molecule has 2 heterocycles. The Hall–Kier alpha value is -3.19. The van der Waals surface area contributed by atoms with Crippen LogP contribution in [0.2, 0.25) is 0 Å². The number of aromatic nitrogens is 2. The molecule has 1 aliphatic heterocycles. The number of fused-ring (bicyclic) bond motifs is 1. The lowest BCUT2D eigenvalue weighted by molar-refractivity contribution is -0.115. The van der Waals surface area contributed by atoms with Crippen LogP contribution in [-0.4, -0.2) is 34.8 Å². The molecule has 0 saturated carbocycles. The molecule has 2 aromatic carbocycles. The molecule has 0 bridgehead atoms. The van der Waals surface area contributed by atoms with Gasteiger partial charge in [-0.15, -0.1) is 0 Å². The van der Waals surface area contributed by atoms with Crippen molar-refractivity contribution < 1.29 is 9.18 Å². The second kappa shape index (κ2) is 7.44. The van der Waals surface area contributed by atoms with Gasteiger partial charge in [0.1, 0.15) is 11.6 Å². The van der Waals surface area contributed by atoms with Crippen LogP contribution in [0, 0.1) is 12.7 Å². The number of nitrogens with one attached hydrogen (secondary N) is 1. The monoisotopic (exact) mass is 379 g/mol. The highest BCUT2D eigenvalue weighted by molar-refractivity contribution is 5.94. The van der Waals surface area contributed by atoms with Gasteiger partial charge in [0, 0.05) is 24.3 Å². The van der Waals surface area contributed by atoms with Gasteiger partial charge in [0.15, 0.2) is 0 Å². The summed E-state index contributed by atoms with van der Waals surface area (Å²) in [5.41, 5.74) is 9.79. The van der Waals surface area contributed by atoms with Crippen molar-refractivity contribution in [3.63, 3.8) is 0 Å². The minimum atomic E-state index is -0.321. The Balaban J connectivity index is 1.53. The lowest BCUT2D eigenvalue weighted by Gasteiger charge is -2.34. The maximum absolute atomic E-state index is 13.2. The van der Waals surface area contributed by atoms with Gasteiger partial charge in [-0.3, -0.25) is 4.79 Å². The Morgan fingerprint density at radius 1 is 1.25 bits per heavy atom. The number of nitrogens with two attached hydrogens (primary N) is 1. The first-order chi connectivity index (χ1) is 13.5.